The summed E-state index contributed by atoms with van der Waals surface area (Å²) in [5.41, 5.74) is 0.505. The molecule has 0 heterocycles. The van der Waals surface area contributed by atoms with Gasteiger partial charge in [0.25, 0.3) is 0 Å². The minimum atomic E-state index is -0.0535. The maximum atomic E-state index is 12.1. The van der Waals surface area contributed by atoms with Crippen molar-refractivity contribution in [3.8, 4) is 17.2 Å². The van der Waals surface area contributed by atoms with Gasteiger partial charge in [-0.3, -0.25) is 4.79 Å². The zero-order chi connectivity index (χ0) is 21.3. The molecular weight excluding hydrogens is 364 g/mol. The van der Waals surface area contributed by atoms with Gasteiger partial charge in [0.15, 0.2) is 5.78 Å². The van der Waals surface area contributed by atoms with Crippen LogP contribution in [-0.2, 0) is 0 Å². The van der Waals surface area contributed by atoms with Crippen LogP contribution in [0.3, 0.4) is 0 Å². The molecule has 1 aromatic carbocycles. The first-order chi connectivity index (χ1) is 14.1. The van der Waals surface area contributed by atoms with Gasteiger partial charge in [-0.1, -0.05) is 78.1 Å². The molecule has 1 aromatic rings. The number of ether oxygens (including phenoxy) is 3. The minimum Gasteiger partial charge on any atom is -0.496 e. The Hall–Kier alpha value is -1.71. The van der Waals surface area contributed by atoms with Gasteiger partial charge in [0.2, 0.25) is 0 Å². The van der Waals surface area contributed by atoms with Crippen LogP contribution < -0.4 is 14.2 Å². The van der Waals surface area contributed by atoms with Gasteiger partial charge < -0.3 is 14.2 Å². The van der Waals surface area contributed by atoms with Gasteiger partial charge in [-0.15, -0.1) is 0 Å². The molecule has 0 unspecified atom stereocenters. The Morgan fingerprint density at radius 1 is 0.724 bits per heavy atom. The van der Waals surface area contributed by atoms with Crippen molar-refractivity contribution in [3.05, 3.63) is 17.7 Å². The van der Waals surface area contributed by atoms with Crippen molar-refractivity contribution in [1.29, 1.82) is 0 Å². The first-order valence-electron chi connectivity index (χ1n) is 11.6. The molecule has 29 heavy (non-hydrogen) atoms. The Morgan fingerprint density at radius 2 is 1.21 bits per heavy atom. The van der Waals surface area contributed by atoms with E-state index in [2.05, 4.69) is 13.8 Å². The highest BCUT2D eigenvalue weighted by Crippen LogP contribution is 2.35. The third kappa shape index (κ3) is 10.6. The molecule has 1 rings (SSSR count). The third-order valence-corrected chi connectivity index (χ3v) is 5.13. The molecule has 0 bridgehead atoms. The summed E-state index contributed by atoms with van der Waals surface area (Å²) in [5, 5.41) is 0. The van der Waals surface area contributed by atoms with E-state index >= 15 is 0 Å². The highest BCUT2D eigenvalue weighted by molar-refractivity contribution is 6.00. The van der Waals surface area contributed by atoms with Gasteiger partial charge >= 0.3 is 0 Å². The van der Waals surface area contributed by atoms with Crippen LogP contribution >= 0.6 is 0 Å². The standard InChI is InChI=1S/C25H42O4/c1-5-7-9-11-13-15-17-28-22-19-23(27-4)25(21(3)26)24(20-22)29-18-16-14-12-10-8-6-2/h19-20H,5-18H2,1-4H3. The molecule has 0 amide bonds. The molecule has 0 atom stereocenters. The van der Waals surface area contributed by atoms with Crippen molar-refractivity contribution < 1.29 is 19.0 Å². The fraction of sp³-hybridized carbons (Fsp3) is 0.720. The predicted octanol–water partition coefficient (Wildman–Crippen LogP) is 7.38. The molecule has 0 aliphatic carbocycles. The van der Waals surface area contributed by atoms with E-state index in [0.717, 1.165) is 19.3 Å². The average Bonchev–Trinajstić information content (AvgIpc) is 2.71. The highest BCUT2D eigenvalue weighted by Gasteiger charge is 2.18. The second-order valence-corrected chi connectivity index (χ2v) is 7.79. The van der Waals surface area contributed by atoms with Crippen LogP contribution in [-0.4, -0.2) is 26.1 Å². The van der Waals surface area contributed by atoms with Crippen molar-refractivity contribution in [2.24, 2.45) is 0 Å². The number of ketones is 1. The van der Waals surface area contributed by atoms with Crippen molar-refractivity contribution in [3.63, 3.8) is 0 Å². The second kappa shape index (κ2) is 16.1. The number of carbonyl (C=O) groups is 1. The van der Waals surface area contributed by atoms with E-state index < -0.39 is 0 Å². The lowest BCUT2D eigenvalue weighted by atomic mass is 10.1. The van der Waals surface area contributed by atoms with Crippen molar-refractivity contribution in [2.45, 2.75) is 97.8 Å². The average molecular weight is 407 g/mol. The summed E-state index contributed by atoms with van der Waals surface area (Å²) in [7, 11) is 1.58. The molecule has 0 aromatic heterocycles. The third-order valence-electron chi connectivity index (χ3n) is 5.13. The Labute approximate surface area is 178 Å². The van der Waals surface area contributed by atoms with Gasteiger partial charge in [0, 0.05) is 12.1 Å². The quantitative estimate of drug-likeness (QED) is 0.188. The van der Waals surface area contributed by atoms with Crippen LogP contribution in [0.5, 0.6) is 17.2 Å². The topological polar surface area (TPSA) is 44.8 Å². The molecule has 0 saturated carbocycles. The van der Waals surface area contributed by atoms with Gasteiger partial charge in [-0.05, 0) is 19.8 Å². The van der Waals surface area contributed by atoms with E-state index in [1.165, 1.54) is 57.8 Å². The summed E-state index contributed by atoms with van der Waals surface area (Å²) >= 11 is 0. The lowest BCUT2D eigenvalue weighted by Crippen LogP contribution is -2.07. The van der Waals surface area contributed by atoms with E-state index in [4.69, 9.17) is 14.2 Å². The minimum absolute atomic E-state index is 0.0535. The zero-order valence-electron chi connectivity index (χ0n) is 19.2. The van der Waals surface area contributed by atoms with Gasteiger partial charge in [0.05, 0.1) is 20.3 Å². The summed E-state index contributed by atoms with van der Waals surface area (Å²) in [6.07, 6.45) is 14.6. The van der Waals surface area contributed by atoms with Crippen LogP contribution in [0, 0.1) is 0 Å². The number of hydrogen-bond acceptors (Lipinski definition) is 4. The van der Waals surface area contributed by atoms with Crippen LogP contribution in [0.1, 0.15) is 108 Å². The molecule has 0 saturated heterocycles. The first-order valence-corrected chi connectivity index (χ1v) is 11.6. The fourth-order valence-corrected chi connectivity index (χ4v) is 3.41. The first kappa shape index (κ1) is 25.3. The lowest BCUT2D eigenvalue weighted by molar-refractivity contribution is 0.101. The summed E-state index contributed by atoms with van der Waals surface area (Å²) in [6, 6.07) is 3.64. The van der Waals surface area contributed by atoms with Crippen LogP contribution in [0.25, 0.3) is 0 Å². The van der Waals surface area contributed by atoms with Crippen LogP contribution in [0.15, 0.2) is 12.1 Å². The van der Waals surface area contributed by atoms with Crippen LogP contribution in [0.4, 0.5) is 0 Å². The normalized spacial score (nSPS) is 10.8. The summed E-state index contributed by atoms with van der Waals surface area (Å²) < 4.78 is 17.4. The number of Topliss-reactive ketones (excluding diaryl/α,β-unsaturated/α-hetero) is 1. The number of methoxy groups -OCH3 is 1. The lowest BCUT2D eigenvalue weighted by Gasteiger charge is -2.16. The Morgan fingerprint density at radius 3 is 1.72 bits per heavy atom. The molecule has 166 valence electrons. The van der Waals surface area contributed by atoms with Crippen molar-refractivity contribution in [1.82, 2.24) is 0 Å². The molecule has 0 aliphatic rings. The second-order valence-electron chi connectivity index (χ2n) is 7.79. The van der Waals surface area contributed by atoms with Crippen molar-refractivity contribution in [2.75, 3.05) is 20.3 Å². The smallest absolute Gasteiger partial charge is 0.167 e. The van der Waals surface area contributed by atoms with E-state index in [1.54, 1.807) is 20.1 Å². The van der Waals surface area contributed by atoms with E-state index in [-0.39, 0.29) is 5.78 Å². The summed E-state index contributed by atoms with van der Waals surface area (Å²) in [6.45, 7) is 7.28. The molecule has 0 spiro atoms. The number of benzene rings is 1. The Bertz CT molecular complexity index is 568. The molecule has 0 fully saturated rings. The number of rotatable bonds is 18. The number of carbonyl (C=O) groups excluding carboxylic acids is 1. The molecule has 0 radical (unpaired) electrons. The maximum absolute atomic E-state index is 12.1. The van der Waals surface area contributed by atoms with Gasteiger partial charge in [-0.25, -0.2) is 0 Å². The predicted molar refractivity (Wildman–Crippen MR) is 121 cm³/mol. The largest absolute Gasteiger partial charge is 0.496 e. The maximum Gasteiger partial charge on any atom is 0.167 e. The van der Waals surface area contributed by atoms with Crippen molar-refractivity contribution >= 4 is 5.78 Å². The highest BCUT2D eigenvalue weighted by atomic mass is 16.5. The molecule has 4 nitrogen and oxygen atoms in total. The monoisotopic (exact) mass is 406 g/mol. The van der Waals surface area contributed by atoms with E-state index in [1.807, 2.05) is 6.07 Å². The number of unbranched alkanes of at least 4 members (excludes halogenated alkanes) is 10. The zero-order valence-corrected chi connectivity index (χ0v) is 19.2. The molecule has 0 N–H and O–H groups in total. The summed E-state index contributed by atoms with van der Waals surface area (Å²) in [5.74, 6) is 1.75. The summed E-state index contributed by atoms with van der Waals surface area (Å²) in [4.78, 5) is 12.1. The van der Waals surface area contributed by atoms with Crippen LogP contribution in [0.2, 0.25) is 0 Å². The Balaban J connectivity index is 2.60. The number of hydrogen-bond donors (Lipinski definition) is 0. The van der Waals surface area contributed by atoms with E-state index in [9.17, 15) is 4.79 Å². The fourth-order valence-electron chi connectivity index (χ4n) is 3.41. The SMILES string of the molecule is CCCCCCCCOc1cc(OC)c(C(C)=O)c(OCCCCCCCC)c1. The molecular formula is C25H42O4. The van der Waals surface area contributed by atoms with Gasteiger partial charge in [-0.2, -0.15) is 0 Å². The molecule has 0 aliphatic heterocycles. The van der Waals surface area contributed by atoms with Gasteiger partial charge in [0.1, 0.15) is 22.8 Å². The van der Waals surface area contributed by atoms with E-state index in [0.29, 0.717) is 36.0 Å². The Kier molecular flexibility index (Phi) is 14.1. The molecule has 4 heteroatoms.